The molecule has 0 amide bonds. The zero-order valence-electron chi connectivity index (χ0n) is 7.13. The Balaban J connectivity index is 3.09. The van der Waals surface area contributed by atoms with E-state index in [0.717, 1.165) is 5.69 Å². The van der Waals surface area contributed by atoms with E-state index in [4.69, 9.17) is 6.42 Å². The maximum atomic E-state index is 5.21. The van der Waals surface area contributed by atoms with Crippen LogP contribution in [0.1, 0.15) is 31.2 Å². The second-order valence-electron chi connectivity index (χ2n) is 2.88. The molecule has 0 N–H and O–H groups in total. The molecule has 1 aromatic rings. The number of terminal acetylenes is 1. The summed E-state index contributed by atoms with van der Waals surface area (Å²) < 4.78 is 1.83. The van der Waals surface area contributed by atoms with Crippen LogP contribution in [0.15, 0.2) is 6.07 Å². The highest BCUT2D eigenvalue weighted by atomic mass is 15.3. The van der Waals surface area contributed by atoms with E-state index in [2.05, 4.69) is 24.9 Å². The Bertz CT molecular complexity index is 289. The van der Waals surface area contributed by atoms with Crippen molar-refractivity contribution in [1.29, 1.82) is 0 Å². The normalized spacial score (nSPS) is 10.1. The van der Waals surface area contributed by atoms with Gasteiger partial charge in [0.1, 0.15) is 5.69 Å². The molecule has 2 heteroatoms. The lowest BCUT2D eigenvalue weighted by Gasteiger charge is -2.02. The zero-order valence-corrected chi connectivity index (χ0v) is 7.13. The first-order valence-corrected chi connectivity index (χ1v) is 3.65. The molecule has 1 aromatic heterocycles. The highest BCUT2D eigenvalue weighted by Gasteiger charge is 2.05. The van der Waals surface area contributed by atoms with Gasteiger partial charge >= 0.3 is 0 Å². The van der Waals surface area contributed by atoms with Crippen molar-refractivity contribution < 1.29 is 0 Å². The van der Waals surface area contributed by atoms with Crippen LogP contribution in [-0.4, -0.2) is 9.78 Å². The van der Waals surface area contributed by atoms with Gasteiger partial charge in [0.25, 0.3) is 0 Å². The first-order chi connectivity index (χ1) is 5.15. The SMILES string of the molecule is C#Cc1cc(C(C)C)n(C)n1. The third-order valence-corrected chi connectivity index (χ3v) is 1.66. The third kappa shape index (κ3) is 1.43. The minimum Gasteiger partial charge on any atom is -0.271 e. The van der Waals surface area contributed by atoms with Gasteiger partial charge in [0.15, 0.2) is 0 Å². The molecule has 0 unspecified atom stereocenters. The Hall–Kier alpha value is -1.23. The Labute approximate surface area is 67.2 Å². The minimum atomic E-state index is 0.481. The van der Waals surface area contributed by atoms with E-state index in [1.54, 1.807) is 0 Å². The largest absolute Gasteiger partial charge is 0.271 e. The molecule has 58 valence electrons. The van der Waals surface area contributed by atoms with Crippen LogP contribution in [0.2, 0.25) is 0 Å². The lowest BCUT2D eigenvalue weighted by atomic mass is 10.1. The van der Waals surface area contributed by atoms with Crippen LogP contribution in [0.3, 0.4) is 0 Å². The Morgan fingerprint density at radius 3 is 2.55 bits per heavy atom. The topological polar surface area (TPSA) is 17.8 Å². The fraction of sp³-hybridized carbons (Fsp3) is 0.444. The van der Waals surface area contributed by atoms with E-state index >= 15 is 0 Å². The van der Waals surface area contributed by atoms with Crippen molar-refractivity contribution in [2.75, 3.05) is 0 Å². The summed E-state index contributed by atoms with van der Waals surface area (Å²) in [4.78, 5) is 0. The smallest absolute Gasteiger partial charge is 0.135 e. The van der Waals surface area contributed by atoms with E-state index in [1.165, 1.54) is 5.69 Å². The molecule has 0 spiro atoms. The van der Waals surface area contributed by atoms with E-state index in [9.17, 15) is 0 Å². The standard InChI is InChI=1S/C9H12N2/c1-5-8-6-9(7(2)3)11(4)10-8/h1,6-7H,2-4H3. The molecule has 0 saturated carbocycles. The van der Waals surface area contributed by atoms with Gasteiger partial charge in [-0.2, -0.15) is 5.10 Å². The zero-order chi connectivity index (χ0) is 8.43. The number of hydrogen-bond donors (Lipinski definition) is 0. The second kappa shape index (κ2) is 2.79. The monoisotopic (exact) mass is 148 g/mol. The second-order valence-corrected chi connectivity index (χ2v) is 2.88. The Morgan fingerprint density at radius 1 is 1.64 bits per heavy atom. The van der Waals surface area contributed by atoms with Gasteiger partial charge in [0, 0.05) is 12.7 Å². The van der Waals surface area contributed by atoms with Crippen molar-refractivity contribution in [3.05, 3.63) is 17.5 Å². The maximum Gasteiger partial charge on any atom is 0.135 e. The molecule has 0 radical (unpaired) electrons. The van der Waals surface area contributed by atoms with E-state index in [0.29, 0.717) is 5.92 Å². The average molecular weight is 148 g/mol. The lowest BCUT2D eigenvalue weighted by Crippen LogP contribution is -1.99. The molecule has 0 aliphatic heterocycles. The summed E-state index contributed by atoms with van der Waals surface area (Å²) in [5.74, 6) is 2.99. The van der Waals surface area contributed by atoms with Gasteiger partial charge in [-0.25, -0.2) is 0 Å². The van der Waals surface area contributed by atoms with Crippen molar-refractivity contribution in [2.24, 2.45) is 7.05 Å². The molecule has 11 heavy (non-hydrogen) atoms. The lowest BCUT2D eigenvalue weighted by molar-refractivity contribution is 0.668. The Morgan fingerprint density at radius 2 is 2.27 bits per heavy atom. The fourth-order valence-electron chi connectivity index (χ4n) is 1.09. The quantitative estimate of drug-likeness (QED) is 0.552. The third-order valence-electron chi connectivity index (χ3n) is 1.66. The molecule has 0 atom stereocenters. The molecule has 1 heterocycles. The van der Waals surface area contributed by atoms with Crippen LogP contribution >= 0.6 is 0 Å². The molecule has 1 rings (SSSR count). The van der Waals surface area contributed by atoms with Crippen molar-refractivity contribution in [3.8, 4) is 12.3 Å². The van der Waals surface area contributed by atoms with Gasteiger partial charge < -0.3 is 0 Å². The van der Waals surface area contributed by atoms with Crippen molar-refractivity contribution in [2.45, 2.75) is 19.8 Å². The molecule has 0 bridgehead atoms. The van der Waals surface area contributed by atoms with Crippen LogP contribution in [0.5, 0.6) is 0 Å². The van der Waals surface area contributed by atoms with E-state index < -0.39 is 0 Å². The van der Waals surface area contributed by atoms with Gasteiger partial charge in [-0.05, 0) is 17.9 Å². The summed E-state index contributed by atoms with van der Waals surface area (Å²) in [6, 6.07) is 1.95. The van der Waals surface area contributed by atoms with E-state index in [-0.39, 0.29) is 0 Å². The molecular formula is C9H12N2. The summed E-state index contributed by atoms with van der Waals surface area (Å²) in [6.45, 7) is 4.24. The number of nitrogens with zero attached hydrogens (tertiary/aromatic N) is 2. The van der Waals surface area contributed by atoms with Gasteiger partial charge in [0.2, 0.25) is 0 Å². The highest BCUT2D eigenvalue weighted by molar-refractivity contribution is 5.27. The summed E-state index contributed by atoms with van der Waals surface area (Å²) in [5, 5.41) is 4.13. The van der Waals surface area contributed by atoms with Crippen LogP contribution < -0.4 is 0 Å². The number of aromatic nitrogens is 2. The van der Waals surface area contributed by atoms with Crippen LogP contribution in [-0.2, 0) is 7.05 Å². The van der Waals surface area contributed by atoms with Crippen LogP contribution in [0.4, 0.5) is 0 Å². The predicted octanol–water partition coefficient (Wildman–Crippen LogP) is 1.52. The number of rotatable bonds is 1. The minimum absolute atomic E-state index is 0.481. The molecule has 0 fully saturated rings. The number of aryl methyl sites for hydroxylation is 1. The molecule has 0 saturated heterocycles. The van der Waals surface area contributed by atoms with Crippen LogP contribution in [0, 0.1) is 12.3 Å². The predicted molar refractivity (Wildman–Crippen MR) is 45.2 cm³/mol. The summed E-state index contributed by atoms with van der Waals surface area (Å²) >= 11 is 0. The summed E-state index contributed by atoms with van der Waals surface area (Å²) in [6.07, 6.45) is 5.21. The maximum absolute atomic E-state index is 5.21. The van der Waals surface area contributed by atoms with Crippen molar-refractivity contribution in [3.63, 3.8) is 0 Å². The fourth-order valence-corrected chi connectivity index (χ4v) is 1.09. The van der Waals surface area contributed by atoms with Gasteiger partial charge in [-0.3, -0.25) is 4.68 Å². The van der Waals surface area contributed by atoms with E-state index in [1.807, 2.05) is 17.8 Å². The van der Waals surface area contributed by atoms with Crippen molar-refractivity contribution >= 4 is 0 Å². The first kappa shape index (κ1) is 7.87. The Kier molecular flexibility index (Phi) is 2.00. The van der Waals surface area contributed by atoms with Crippen molar-refractivity contribution in [1.82, 2.24) is 9.78 Å². The first-order valence-electron chi connectivity index (χ1n) is 3.65. The molecule has 0 aromatic carbocycles. The molecule has 2 nitrogen and oxygen atoms in total. The summed E-state index contributed by atoms with van der Waals surface area (Å²) in [7, 11) is 1.91. The highest BCUT2D eigenvalue weighted by Crippen LogP contribution is 2.13. The van der Waals surface area contributed by atoms with Gasteiger partial charge in [-0.1, -0.05) is 13.8 Å². The number of hydrogen-bond acceptors (Lipinski definition) is 1. The van der Waals surface area contributed by atoms with Crippen LogP contribution in [0.25, 0.3) is 0 Å². The average Bonchev–Trinajstić information content (AvgIpc) is 2.30. The molecular weight excluding hydrogens is 136 g/mol. The van der Waals surface area contributed by atoms with Gasteiger partial charge in [0.05, 0.1) is 0 Å². The van der Waals surface area contributed by atoms with Gasteiger partial charge in [-0.15, -0.1) is 6.42 Å². The summed E-state index contributed by atoms with van der Waals surface area (Å²) in [5.41, 5.74) is 1.90. The molecule has 0 aliphatic rings. The molecule has 0 aliphatic carbocycles.